The van der Waals surface area contributed by atoms with Gasteiger partial charge in [-0.3, -0.25) is 4.99 Å². The first kappa shape index (κ1) is 25.6. The Kier molecular flexibility index (Phi) is 12.2. The lowest BCUT2D eigenvalue weighted by atomic mass is 10.0. The Bertz CT molecular complexity index is 750. The van der Waals surface area contributed by atoms with Crippen molar-refractivity contribution >= 4 is 41.3 Å². The van der Waals surface area contributed by atoms with E-state index in [1.807, 2.05) is 24.4 Å². The molecule has 6 nitrogen and oxygen atoms in total. The predicted molar refractivity (Wildman–Crippen MR) is 134 cm³/mol. The van der Waals surface area contributed by atoms with E-state index in [0.29, 0.717) is 6.54 Å². The normalized spacial score (nSPS) is 12.4. The van der Waals surface area contributed by atoms with Crippen LogP contribution in [-0.4, -0.2) is 56.7 Å². The Balaban J connectivity index is 0.00000420. The summed E-state index contributed by atoms with van der Waals surface area (Å²) in [6.07, 6.45) is 3.93. The van der Waals surface area contributed by atoms with Crippen molar-refractivity contribution in [1.29, 1.82) is 0 Å². The second kappa shape index (κ2) is 13.8. The first-order chi connectivity index (χ1) is 13.6. The van der Waals surface area contributed by atoms with Gasteiger partial charge in [-0.15, -0.1) is 35.3 Å². The molecule has 0 spiro atoms. The monoisotopic (exact) mass is 531 g/mol. The van der Waals surface area contributed by atoms with Crippen molar-refractivity contribution in [3.63, 3.8) is 0 Å². The minimum absolute atomic E-state index is 0. The zero-order valence-corrected chi connectivity index (χ0v) is 21.2. The third-order valence-corrected chi connectivity index (χ3v) is 5.67. The molecule has 0 fully saturated rings. The largest absolute Gasteiger partial charge is 0.496 e. The van der Waals surface area contributed by atoms with Crippen molar-refractivity contribution in [2.24, 2.45) is 4.99 Å². The molecular weight excluding hydrogens is 497 g/mol. The highest BCUT2D eigenvalue weighted by molar-refractivity contribution is 14.0. The SMILES string of the molecule is CCNC(=NCC(c1ccccc1OC)N(C)C)NCCc1ncc(CC)s1.I. The number of methoxy groups -OCH3 is 1. The van der Waals surface area contributed by atoms with Gasteiger partial charge in [-0.2, -0.15) is 0 Å². The van der Waals surface area contributed by atoms with Gasteiger partial charge < -0.3 is 20.3 Å². The van der Waals surface area contributed by atoms with Gasteiger partial charge in [-0.25, -0.2) is 4.98 Å². The van der Waals surface area contributed by atoms with E-state index < -0.39 is 0 Å². The molecule has 2 aromatic rings. The summed E-state index contributed by atoms with van der Waals surface area (Å²) < 4.78 is 5.54. The Morgan fingerprint density at radius 2 is 2.00 bits per heavy atom. The Morgan fingerprint density at radius 1 is 1.24 bits per heavy atom. The summed E-state index contributed by atoms with van der Waals surface area (Å²) in [5, 5.41) is 7.93. The summed E-state index contributed by atoms with van der Waals surface area (Å²) in [5.74, 6) is 1.72. The molecule has 0 aliphatic heterocycles. The minimum Gasteiger partial charge on any atom is -0.496 e. The highest BCUT2D eigenvalue weighted by Gasteiger charge is 2.18. The summed E-state index contributed by atoms with van der Waals surface area (Å²) in [4.78, 5) is 12.8. The van der Waals surface area contributed by atoms with Crippen LogP contribution in [0.25, 0.3) is 0 Å². The number of nitrogens with one attached hydrogen (secondary N) is 2. The molecule has 0 saturated carbocycles. The fraction of sp³-hybridized carbons (Fsp3) is 0.524. The highest BCUT2D eigenvalue weighted by Crippen LogP contribution is 2.28. The van der Waals surface area contributed by atoms with E-state index >= 15 is 0 Å². The number of nitrogens with zero attached hydrogens (tertiary/aromatic N) is 3. The van der Waals surface area contributed by atoms with Crippen molar-refractivity contribution in [3.05, 3.63) is 45.9 Å². The zero-order valence-electron chi connectivity index (χ0n) is 18.1. The van der Waals surface area contributed by atoms with Crippen LogP contribution >= 0.6 is 35.3 Å². The average molecular weight is 532 g/mol. The molecular formula is C21H34IN5OS. The fourth-order valence-electron chi connectivity index (χ4n) is 2.92. The molecule has 0 aliphatic carbocycles. The number of likely N-dealkylation sites (N-methyl/N-ethyl adjacent to an activating group) is 1. The maximum Gasteiger partial charge on any atom is 0.191 e. The van der Waals surface area contributed by atoms with Gasteiger partial charge in [-0.05, 0) is 33.5 Å². The third kappa shape index (κ3) is 8.10. The quantitative estimate of drug-likeness (QED) is 0.278. The van der Waals surface area contributed by atoms with Gasteiger partial charge in [0.2, 0.25) is 0 Å². The van der Waals surface area contributed by atoms with Crippen LogP contribution in [0, 0.1) is 0 Å². The lowest BCUT2D eigenvalue weighted by Crippen LogP contribution is -2.39. The van der Waals surface area contributed by atoms with Gasteiger partial charge in [-0.1, -0.05) is 25.1 Å². The minimum atomic E-state index is 0. The number of aryl methyl sites for hydroxylation is 1. The number of halogens is 1. The molecule has 1 atom stereocenters. The molecule has 8 heteroatoms. The number of aliphatic imine (C=N–C) groups is 1. The lowest BCUT2D eigenvalue weighted by Gasteiger charge is -2.25. The molecule has 0 aliphatic rings. The first-order valence-electron chi connectivity index (χ1n) is 9.84. The molecule has 1 aromatic heterocycles. The van der Waals surface area contributed by atoms with Gasteiger partial charge in [0.1, 0.15) is 5.75 Å². The van der Waals surface area contributed by atoms with E-state index in [0.717, 1.165) is 43.2 Å². The molecule has 0 bridgehead atoms. The molecule has 29 heavy (non-hydrogen) atoms. The van der Waals surface area contributed by atoms with E-state index in [4.69, 9.17) is 9.73 Å². The molecule has 0 radical (unpaired) electrons. The van der Waals surface area contributed by atoms with Gasteiger partial charge in [0.25, 0.3) is 0 Å². The number of thiazole rings is 1. The van der Waals surface area contributed by atoms with Crippen LogP contribution in [-0.2, 0) is 12.8 Å². The fourth-order valence-corrected chi connectivity index (χ4v) is 3.78. The van der Waals surface area contributed by atoms with Crippen LogP contribution in [0.1, 0.15) is 35.3 Å². The van der Waals surface area contributed by atoms with E-state index in [2.05, 4.69) is 54.5 Å². The first-order valence-corrected chi connectivity index (χ1v) is 10.7. The smallest absolute Gasteiger partial charge is 0.191 e. The molecule has 1 unspecified atom stereocenters. The van der Waals surface area contributed by atoms with E-state index in [9.17, 15) is 0 Å². The number of benzene rings is 1. The van der Waals surface area contributed by atoms with E-state index in [1.54, 1.807) is 18.4 Å². The van der Waals surface area contributed by atoms with E-state index in [1.165, 1.54) is 9.88 Å². The number of hydrogen-bond acceptors (Lipinski definition) is 5. The third-order valence-electron chi connectivity index (χ3n) is 4.47. The van der Waals surface area contributed by atoms with Gasteiger partial charge in [0.05, 0.1) is 24.7 Å². The average Bonchev–Trinajstić information content (AvgIpc) is 3.16. The highest BCUT2D eigenvalue weighted by atomic mass is 127. The summed E-state index contributed by atoms with van der Waals surface area (Å²) >= 11 is 1.79. The Morgan fingerprint density at radius 3 is 2.62 bits per heavy atom. The van der Waals surface area contributed by atoms with Crippen molar-refractivity contribution in [1.82, 2.24) is 20.5 Å². The summed E-state index contributed by atoms with van der Waals surface area (Å²) in [7, 11) is 5.85. The van der Waals surface area contributed by atoms with Crippen molar-refractivity contribution in [2.45, 2.75) is 32.7 Å². The molecule has 2 rings (SSSR count). The van der Waals surface area contributed by atoms with Crippen LogP contribution in [0.3, 0.4) is 0 Å². The van der Waals surface area contributed by atoms with Gasteiger partial charge in [0.15, 0.2) is 5.96 Å². The second-order valence-electron chi connectivity index (χ2n) is 6.69. The number of aromatic nitrogens is 1. The van der Waals surface area contributed by atoms with Crippen LogP contribution in [0.15, 0.2) is 35.5 Å². The van der Waals surface area contributed by atoms with Crippen molar-refractivity contribution < 1.29 is 4.74 Å². The number of para-hydroxylation sites is 1. The number of hydrogen-bond donors (Lipinski definition) is 2. The molecule has 0 saturated heterocycles. The number of guanidine groups is 1. The summed E-state index contributed by atoms with van der Waals surface area (Å²) in [6, 6.07) is 8.27. The van der Waals surface area contributed by atoms with Crippen LogP contribution in [0.2, 0.25) is 0 Å². The molecule has 1 aromatic carbocycles. The van der Waals surface area contributed by atoms with Crippen molar-refractivity contribution in [3.8, 4) is 5.75 Å². The summed E-state index contributed by atoms with van der Waals surface area (Å²) in [6.45, 7) is 6.51. The molecule has 162 valence electrons. The van der Waals surface area contributed by atoms with Crippen LogP contribution in [0.5, 0.6) is 5.75 Å². The maximum atomic E-state index is 5.54. The van der Waals surface area contributed by atoms with Crippen molar-refractivity contribution in [2.75, 3.05) is 40.8 Å². The Labute approximate surface area is 196 Å². The van der Waals surface area contributed by atoms with Crippen LogP contribution < -0.4 is 15.4 Å². The van der Waals surface area contributed by atoms with Gasteiger partial charge >= 0.3 is 0 Å². The lowest BCUT2D eigenvalue weighted by molar-refractivity contribution is 0.295. The van der Waals surface area contributed by atoms with E-state index in [-0.39, 0.29) is 30.0 Å². The second-order valence-corrected chi connectivity index (χ2v) is 7.89. The Hall–Kier alpha value is -1.39. The predicted octanol–water partition coefficient (Wildman–Crippen LogP) is 3.73. The standard InChI is InChI=1S/C21H33N5OS.HI/c1-6-16-14-24-20(28-16)12-13-23-21(22-7-2)25-15-18(26(3)4)17-10-8-9-11-19(17)27-5;/h8-11,14,18H,6-7,12-13,15H2,1-5H3,(H2,22,23,25);1H. The molecule has 0 amide bonds. The topological polar surface area (TPSA) is 61.8 Å². The van der Waals surface area contributed by atoms with Crippen LogP contribution in [0.4, 0.5) is 0 Å². The summed E-state index contributed by atoms with van der Waals surface area (Å²) in [5.41, 5.74) is 1.14. The van der Waals surface area contributed by atoms with Gasteiger partial charge in [0, 0.05) is 36.1 Å². The molecule has 1 heterocycles. The zero-order chi connectivity index (χ0) is 20.4. The number of ether oxygens (including phenoxy) is 1. The molecule has 2 N–H and O–H groups in total. The number of rotatable bonds is 10. The maximum absolute atomic E-state index is 5.54.